The largest absolute Gasteiger partial charge is 0.481 e. The first-order chi connectivity index (χ1) is 9.38. The lowest BCUT2D eigenvalue weighted by Crippen LogP contribution is -2.34. The molecule has 110 valence electrons. The third-order valence-corrected chi connectivity index (χ3v) is 3.08. The van der Waals surface area contributed by atoms with Gasteiger partial charge in [0, 0.05) is 19.6 Å². The molecule has 1 atom stereocenters. The maximum atomic E-state index is 12.8. The van der Waals surface area contributed by atoms with Gasteiger partial charge in [-0.15, -0.1) is 0 Å². The molecular weight excluding hydrogens is 257 g/mol. The fourth-order valence-electron chi connectivity index (χ4n) is 2.02. The molecule has 1 aromatic carbocycles. The summed E-state index contributed by atoms with van der Waals surface area (Å²) in [4.78, 5) is 13.0. The van der Waals surface area contributed by atoms with Crippen LogP contribution in [0, 0.1) is 11.7 Å². The van der Waals surface area contributed by atoms with Crippen molar-refractivity contribution in [2.24, 2.45) is 5.92 Å². The molecule has 0 aromatic heterocycles. The molecule has 4 heteroatoms. The molecule has 0 saturated carbocycles. The van der Waals surface area contributed by atoms with Gasteiger partial charge < -0.3 is 5.11 Å². The van der Waals surface area contributed by atoms with Crippen LogP contribution in [0.2, 0.25) is 0 Å². The van der Waals surface area contributed by atoms with Crippen LogP contribution < -0.4 is 0 Å². The minimum atomic E-state index is -0.793. The minimum absolute atomic E-state index is 0.243. The van der Waals surface area contributed by atoms with Crippen molar-refractivity contribution in [2.45, 2.75) is 20.3 Å². The normalized spacial score (nSPS) is 12.4. The van der Waals surface area contributed by atoms with E-state index in [1.165, 1.54) is 12.1 Å². The van der Waals surface area contributed by atoms with E-state index in [-0.39, 0.29) is 5.82 Å². The smallest absolute Gasteiger partial charge is 0.307 e. The van der Waals surface area contributed by atoms with Gasteiger partial charge in [-0.25, -0.2) is 4.39 Å². The van der Waals surface area contributed by atoms with E-state index in [0.29, 0.717) is 13.1 Å². The number of nitrogens with zero attached hydrogens (tertiary/aromatic N) is 1. The van der Waals surface area contributed by atoms with Crippen LogP contribution in [-0.2, 0) is 11.2 Å². The molecule has 0 bridgehead atoms. The van der Waals surface area contributed by atoms with Gasteiger partial charge in [-0.05, 0) is 31.0 Å². The first kappa shape index (κ1) is 16.4. The van der Waals surface area contributed by atoms with Gasteiger partial charge in [-0.3, -0.25) is 9.69 Å². The number of halogens is 1. The predicted octanol–water partition coefficient (Wildman–Crippen LogP) is 2.97. The molecule has 0 aliphatic heterocycles. The van der Waals surface area contributed by atoms with Gasteiger partial charge in [0.2, 0.25) is 0 Å². The number of carboxylic acids is 1. The Morgan fingerprint density at radius 1 is 1.40 bits per heavy atom. The number of rotatable bonds is 8. The van der Waals surface area contributed by atoms with Crippen LogP contribution in [0.1, 0.15) is 19.4 Å². The number of benzene rings is 1. The van der Waals surface area contributed by atoms with Crippen molar-refractivity contribution in [2.75, 3.05) is 19.6 Å². The van der Waals surface area contributed by atoms with Crippen molar-refractivity contribution < 1.29 is 14.3 Å². The van der Waals surface area contributed by atoms with Gasteiger partial charge >= 0.3 is 5.97 Å². The third kappa shape index (κ3) is 5.97. The average Bonchev–Trinajstić information content (AvgIpc) is 2.37. The summed E-state index contributed by atoms with van der Waals surface area (Å²) in [5.41, 5.74) is 2.04. The summed E-state index contributed by atoms with van der Waals surface area (Å²) < 4.78 is 12.8. The molecule has 0 aliphatic carbocycles. The maximum absolute atomic E-state index is 12.8. The zero-order valence-corrected chi connectivity index (χ0v) is 12.1. The van der Waals surface area contributed by atoms with Crippen LogP contribution in [0.5, 0.6) is 0 Å². The number of hydrogen-bond donors (Lipinski definition) is 1. The molecule has 0 aliphatic rings. The Bertz CT molecular complexity index is 456. The minimum Gasteiger partial charge on any atom is -0.481 e. The zero-order chi connectivity index (χ0) is 15.1. The number of hydrogen-bond acceptors (Lipinski definition) is 2. The van der Waals surface area contributed by atoms with Gasteiger partial charge in [0.1, 0.15) is 5.82 Å². The van der Waals surface area contributed by atoms with Crippen LogP contribution in [0.4, 0.5) is 4.39 Å². The molecule has 0 heterocycles. The molecule has 0 radical (unpaired) electrons. The van der Waals surface area contributed by atoms with Crippen molar-refractivity contribution in [1.82, 2.24) is 4.90 Å². The highest BCUT2D eigenvalue weighted by atomic mass is 19.1. The molecule has 3 nitrogen and oxygen atoms in total. The Morgan fingerprint density at radius 2 is 2.00 bits per heavy atom. The van der Waals surface area contributed by atoms with Gasteiger partial charge in [0.15, 0.2) is 0 Å². The fourth-order valence-corrected chi connectivity index (χ4v) is 2.02. The van der Waals surface area contributed by atoms with E-state index in [1.807, 2.05) is 6.92 Å². The van der Waals surface area contributed by atoms with E-state index < -0.39 is 11.9 Å². The Kier molecular flexibility index (Phi) is 6.39. The molecule has 1 rings (SSSR count). The molecule has 1 unspecified atom stereocenters. The van der Waals surface area contributed by atoms with E-state index in [2.05, 4.69) is 11.5 Å². The lowest BCUT2D eigenvalue weighted by Gasteiger charge is -2.24. The predicted molar refractivity (Wildman–Crippen MR) is 78.2 cm³/mol. The maximum Gasteiger partial charge on any atom is 0.307 e. The van der Waals surface area contributed by atoms with E-state index >= 15 is 0 Å². The Morgan fingerprint density at radius 3 is 2.50 bits per heavy atom. The third-order valence-electron chi connectivity index (χ3n) is 3.08. The van der Waals surface area contributed by atoms with Crippen LogP contribution in [0.3, 0.4) is 0 Å². The Balaban J connectivity index is 2.57. The van der Waals surface area contributed by atoms with E-state index in [4.69, 9.17) is 5.11 Å². The Labute approximate surface area is 119 Å². The molecule has 0 fully saturated rings. The second-order valence-corrected chi connectivity index (χ2v) is 5.31. The van der Waals surface area contributed by atoms with Crippen LogP contribution in [0.25, 0.3) is 0 Å². The topological polar surface area (TPSA) is 40.5 Å². The van der Waals surface area contributed by atoms with Gasteiger partial charge in [-0.2, -0.15) is 0 Å². The van der Waals surface area contributed by atoms with Crippen LogP contribution >= 0.6 is 0 Å². The summed E-state index contributed by atoms with van der Waals surface area (Å²) in [6.07, 6.45) is 0.764. The standard InChI is InChI=1S/C16H22FNO2/c1-12(2)10-18(11-13(3)16(19)20)9-8-14-4-6-15(17)7-5-14/h4-7,13H,1,8-11H2,2-3H3,(H,19,20). The first-order valence-electron chi connectivity index (χ1n) is 6.72. The van der Waals surface area contributed by atoms with Crippen molar-refractivity contribution >= 4 is 5.97 Å². The molecule has 0 spiro atoms. The summed E-state index contributed by atoms with van der Waals surface area (Å²) in [5.74, 6) is -1.45. The van der Waals surface area contributed by atoms with Crippen LogP contribution in [-0.4, -0.2) is 35.6 Å². The molecular formula is C16H22FNO2. The molecule has 1 N–H and O–H groups in total. The van der Waals surface area contributed by atoms with Gasteiger partial charge in [-0.1, -0.05) is 31.2 Å². The zero-order valence-electron chi connectivity index (χ0n) is 12.1. The molecule has 20 heavy (non-hydrogen) atoms. The second-order valence-electron chi connectivity index (χ2n) is 5.31. The summed E-state index contributed by atoms with van der Waals surface area (Å²) in [7, 11) is 0. The van der Waals surface area contributed by atoms with Crippen molar-refractivity contribution in [3.63, 3.8) is 0 Å². The average molecular weight is 279 g/mol. The van der Waals surface area contributed by atoms with Crippen molar-refractivity contribution in [3.8, 4) is 0 Å². The molecule has 1 aromatic rings. The highest BCUT2D eigenvalue weighted by Crippen LogP contribution is 2.08. The second kappa shape index (κ2) is 7.80. The molecule has 0 saturated heterocycles. The summed E-state index contributed by atoms with van der Waals surface area (Å²) in [6, 6.07) is 6.40. The monoisotopic (exact) mass is 279 g/mol. The highest BCUT2D eigenvalue weighted by molar-refractivity contribution is 5.69. The summed E-state index contributed by atoms with van der Waals surface area (Å²) >= 11 is 0. The highest BCUT2D eigenvalue weighted by Gasteiger charge is 2.16. The van der Waals surface area contributed by atoms with Gasteiger partial charge in [0.25, 0.3) is 0 Å². The number of carbonyl (C=O) groups is 1. The quantitative estimate of drug-likeness (QED) is 0.744. The Hall–Kier alpha value is -1.68. The van der Waals surface area contributed by atoms with Crippen LogP contribution in [0.15, 0.2) is 36.4 Å². The van der Waals surface area contributed by atoms with E-state index in [1.54, 1.807) is 19.1 Å². The van der Waals surface area contributed by atoms with E-state index in [9.17, 15) is 9.18 Å². The lowest BCUT2D eigenvalue weighted by atomic mass is 10.1. The van der Waals surface area contributed by atoms with E-state index in [0.717, 1.165) is 24.1 Å². The number of aliphatic carboxylic acids is 1. The SMILES string of the molecule is C=C(C)CN(CCc1ccc(F)cc1)CC(C)C(=O)O. The van der Waals surface area contributed by atoms with Crippen molar-refractivity contribution in [1.29, 1.82) is 0 Å². The van der Waals surface area contributed by atoms with Crippen molar-refractivity contribution in [3.05, 3.63) is 47.8 Å². The fraction of sp³-hybridized carbons (Fsp3) is 0.438. The number of carboxylic acid groups (broad SMARTS) is 1. The molecule has 0 amide bonds. The lowest BCUT2D eigenvalue weighted by molar-refractivity contribution is -0.141. The first-order valence-corrected chi connectivity index (χ1v) is 6.72. The summed E-state index contributed by atoms with van der Waals surface area (Å²) in [6.45, 7) is 9.40. The summed E-state index contributed by atoms with van der Waals surface area (Å²) in [5, 5.41) is 8.99. The van der Waals surface area contributed by atoms with Gasteiger partial charge in [0.05, 0.1) is 5.92 Å².